The molecule has 0 aliphatic heterocycles. The first-order valence-electron chi connectivity index (χ1n) is 9.44. The minimum absolute atomic E-state index is 0.131. The van der Waals surface area contributed by atoms with Gasteiger partial charge in [-0.25, -0.2) is 4.98 Å². The second-order valence-electron chi connectivity index (χ2n) is 7.00. The number of aromatic amines is 2. The van der Waals surface area contributed by atoms with Crippen LogP contribution in [0, 0.1) is 5.92 Å². The first-order valence-corrected chi connectivity index (χ1v) is 9.44. The summed E-state index contributed by atoms with van der Waals surface area (Å²) in [6.07, 6.45) is 4.32. The van der Waals surface area contributed by atoms with Crippen LogP contribution < -0.4 is 16.2 Å². The maximum Gasteiger partial charge on any atom is 0.253 e. The van der Waals surface area contributed by atoms with Gasteiger partial charge in [0.2, 0.25) is 11.5 Å². The van der Waals surface area contributed by atoms with Crippen molar-refractivity contribution in [2.24, 2.45) is 5.92 Å². The Morgan fingerprint density at radius 2 is 2.14 bits per heavy atom. The number of aryl methyl sites for hydroxylation is 1. The van der Waals surface area contributed by atoms with Crippen molar-refractivity contribution in [3.8, 4) is 0 Å². The molecule has 28 heavy (non-hydrogen) atoms. The van der Waals surface area contributed by atoms with Gasteiger partial charge in [-0.15, -0.1) is 0 Å². The molecule has 1 aliphatic carbocycles. The van der Waals surface area contributed by atoms with Crippen molar-refractivity contribution in [2.75, 3.05) is 6.54 Å². The number of aromatic nitrogens is 3. The van der Waals surface area contributed by atoms with Crippen molar-refractivity contribution in [3.63, 3.8) is 0 Å². The molecule has 9 nitrogen and oxygen atoms in total. The third-order valence-corrected chi connectivity index (χ3v) is 5.06. The number of aliphatic hydroxyl groups excluding tert-OH is 1. The van der Waals surface area contributed by atoms with Crippen molar-refractivity contribution in [1.82, 2.24) is 25.6 Å². The molecule has 2 aromatic rings. The third-order valence-electron chi connectivity index (χ3n) is 5.06. The second kappa shape index (κ2) is 8.83. The van der Waals surface area contributed by atoms with E-state index in [1.807, 2.05) is 6.92 Å². The largest absolute Gasteiger partial charge is 0.391 e. The molecular weight excluding hydrogens is 362 g/mol. The fraction of sp³-hybridized carbons (Fsp3) is 0.474. The maximum absolute atomic E-state index is 12.6. The zero-order chi connectivity index (χ0) is 20.1. The molecule has 5 N–H and O–H groups in total. The lowest BCUT2D eigenvalue weighted by molar-refractivity contribution is -0.125. The monoisotopic (exact) mass is 387 g/mol. The Morgan fingerprint density at radius 3 is 2.86 bits per heavy atom. The Kier molecular flexibility index (Phi) is 6.25. The van der Waals surface area contributed by atoms with Crippen LogP contribution in [0.5, 0.6) is 0 Å². The summed E-state index contributed by atoms with van der Waals surface area (Å²) in [6.45, 7) is 2.32. The van der Waals surface area contributed by atoms with Crippen LogP contribution in [-0.4, -0.2) is 50.6 Å². The number of nitrogens with one attached hydrogen (secondary N) is 4. The summed E-state index contributed by atoms with van der Waals surface area (Å²) >= 11 is 0. The van der Waals surface area contributed by atoms with E-state index in [0.29, 0.717) is 43.5 Å². The first-order chi connectivity index (χ1) is 13.5. The summed E-state index contributed by atoms with van der Waals surface area (Å²) < 4.78 is 0. The Bertz CT molecular complexity index is 877. The highest BCUT2D eigenvalue weighted by Gasteiger charge is 2.37. The molecule has 2 aromatic heterocycles. The number of pyridine rings is 1. The van der Waals surface area contributed by atoms with Gasteiger partial charge in [0.25, 0.3) is 5.91 Å². The maximum atomic E-state index is 12.6. The van der Waals surface area contributed by atoms with Crippen LogP contribution in [0.2, 0.25) is 0 Å². The Labute approximate surface area is 162 Å². The molecule has 3 rings (SSSR count). The fourth-order valence-electron chi connectivity index (χ4n) is 3.53. The molecule has 2 amide bonds. The molecule has 9 heteroatoms. The summed E-state index contributed by atoms with van der Waals surface area (Å²) in [4.78, 5) is 45.9. The standard InChI is InChI=1S/C19H25N5O4/c1-2-14-13(3-4-17(26)23-14)19(28)24-15-7-11(8-16(15)25)18(27)21-6-5-12-9-20-10-22-12/h3-4,9-11,15-16,25H,2,5-8H2,1H3,(H,20,22)(H,21,27)(H,23,26)(H,24,28)/t11-,15+,16+/m0/s1. The lowest BCUT2D eigenvalue weighted by Gasteiger charge is -2.17. The van der Waals surface area contributed by atoms with E-state index in [4.69, 9.17) is 0 Å². The highest BCUT2D eigenvalue weighted by molar-refractivity contribution is 5.95. The van der Waals surface area contributed by atoms with Crippen LogP contribution in [-0.2, 0) is 17.6 Å². The van der Waals surface area contributed by atoms with Crippen LogP contribution in [0.3, 0.4) is 0 Å². The number of hydrogen-bond donors (Lipinski definition) is 5. The van der Waals surface area contributed by atoms with Gasteiger partial charge in [0.1, 0.15) is 0 Å². The van der Waals surface area contributed by atoms with E-state index in [9.17, 15) is 19.5 Å². The zero-order valence-corrected chi connectivity index (χ0v) is 15.7. The molecular formula is C19H25N5O4. The zero-order valence-electron chi connectivity index (χ0n) is 15.7. The topological polar surface area (TPSA) is 140 Å². The summed E-state index contributed by atoms with van der Waals surface area (Å²) in [5.74, 6) is -0.852. The molecule has 0 spiro atoms. The lowest BCUT2D eigenvalue weighted by atomic mass is 10.1. The number of aliphatic hydroxyl groups is 1. The molecule has 3 atom stereocenters. The van der Waals surface area contributed by atoms with Crippen molar-refractivity contribution in [2.45, 2.75) is 44.8 Å². The molecule has 0 unspecified atom stereocenters. The van der Waals surface area contributed by atoms with E-state index < -0.39 is 12.1 Å². The van der Waals surface area contributed by atoms with Gasteiger partial charge in [0.05, 0.1) is 24.0 Å². The molecule has 1 saturated carbocycles. The molecule has 0 saturated heterocycles. The quantitative estimate of drug-likeness (QED) is 0.451. The van der Waals surface area contributed by atoms with Gasteiger partial charge in [-0.1, -0.05) is 6.92 Å². The molecule has 0 bridgehead atoms. The number of amides is 2. The van der Waals surface area contributed by atoms with E-state index in [0.717, 1.165) is 5.69 Å². The van der Waals surface area contributed by atoms with Gasteiger partial charge in [-0.3, -0.25) is 14.4 Å². The summed E-state index contributed by atoms with van der Waals surface area (Å²) in [7, 11) is 0. The third kappa shape index (κ3) is 4.66. The van der Waals surface area contributed by atoms with Crippen LogP contribution in [0.25, 0.3) is 0 Å². The predicted octanol–water partition coefficient (Wildman–Crippen LogP) is -0.111. The van der Waals surface area contributed by atoms with Crippen molar-refractivity contribution < 1.29 is 14.7 Å². The molecule has 0 aromatic carbocycles. The second-order valence-corrected chi connectivity index (χ2v) is 7.00. The number of hydrogen-bond acceptors (Lipinski definition) is 5. The smallest absolute Gasteiger partial charge is 0.253 e. The summed E-state index contributed by atoms with van der Waals surface area (Å²) in [5, 5.41) is 15.9. The summed E-state index contributed by atoms with van der Waals surface area (Å²) in [6, 6.07) is 2.27. The van der Waals surface area contributed by atoms with Crippen LogP contribution in [0.1, 0.15) is 41.5 Å². The van der Waals surface area contributed by atoms with Gasteiger partial charge in [-0.05, 0) is 25.3 Å². The van der Waals surface area contributed by atoms with Gasteiger partial charge in [0, 0.05) is 42.5 Å². The van der Waals surface area contributed by atoms with Gasteiger partial charge >= 0.3 is 0 Å². The normalized spacial score (nSPS) is 21.4. The highest BCUT2D eigenvalue weighted by Crippen LogP contribution is 2.26. The van der Waals surface area contributed by atoms with Crippen molar-refractivity contribution in [1.29, 1.82) is 0 Å². The van der Waals surface area contributed by atoms with E-state index in [-0.39, 0.29) is 23.3 Å². The van der Waals surface area contributed by atoms with Gasteiger partial charge in [0.15, 0.2) is 0 Å². The Morgan fingerprint density at radius 1 is 1.32 bits per heavy atom. The highest BCUT2D eigenvalue weighted by atomic mass is 16.3. The summed E-state index contributed by atoms with van der Waals surface area (Å²) in [5.41, 5.74) is 1.60. The first kappa shape index (κ1) is 19.8. The minimum Gasteiger partial charge on any atom is -0.391 e. The Balaban J connectivity index is 1.54. The van der Waals surface area contributed by atoms with Gasteiger partial charge < -0.3 is 25.7 Å². The fourth-order valence-corrected chi connectivity index (χ4v) is 3.53. The van der Waals surface area contributed by atoms with E-state index in [1.165, 1.54) is 12.1 Å². The van der Waals surface area contributed by atoms with Crippen LogP contribution in [0.4, 0.5) is 0 Å². The SMILES string of the molecule is CCc1[nH]c(=O)ccc1C(=O)N[C@@H]1C[C@H](C(=O)NCCc2cnc[nH]2)C[C@H]1O. The number of nitrogens with zero attached hydrogens (tertiary/aromatic N) is 1. The van der Waals surface area contributed by atoms with Crippen LogP contribution in [0.15, 0.2) is 29.5 Å². The van der Waals surface area contributed by atoms with E-state index in [1.54, 1.807) is 12.5 Å². The number of H-pyrrole nitrogens is 2. The van der Waals surface area contributed by atoms with Crippen LogP contribution >= 0.6 is 0 Å². The average molecular weight is 387 g/mol. The molecule has 2 heterocycles. The average Bonchev–Trinajstić information content (AvgIpc) is 3.31. The van der Waals surface area contributed by atoms with E-state index in [2.05, 4.69) is 25.6 Å². The van der Waals surface area contributed by atoms with Gasteiger partial charge in [-0.2, -0.15) is 0 Å². The predicted molar refractivity (Wildman–Crippen MR) is 102 cm³/mol. The molecule has 150 valence electrons. The van der Waals surface area contributed by atoms with Crippen molar-refractivity contribution in [3.05, 3.63) is 52.0 Å². The van der Waals surface area contributed by atoms with E-state index >= 15 is 0 Å². The molecule has 1 fully saturated rings. The number of rotatable bonds is 7. The lowest BCUT2D eigenvalue weighted by Crippen LogP contribution is -2.40. The number of carbonyl (C=O) groups is 2. The molecule has 1 aliphatic rings. The Hall–Kier alpha value is -2.94. The number of carbonyl (C=O) groups excluding carboxylic acids is 2. The number of imidazole rings is 1. The minimum atomic E-state index is -0.792. The molecule has 0 radical (unpaired) electrons. The van der Waals surface area contributed by atoms with Crippen molar-refractivity contribution >= 4 is 11.8 Å².